The zero-order chi connectivity index (χ0) is 22.8. The summed E-state index contributed by atoms with van der Waals surface area (Å²) in [6.07, 6.45) is 9.27. The van der Waals surface area contributed by atoms with Crippen LogP contribution < -0.4 is 14.8 Å². The van der Waals surface area contributed by atoms with Crippen LogP contribution in [0.25, 0.3) is 0 Å². The van der Waals surface area contributed by atoms with E-state index in [9.17, 15) is 9.59 Å². The second-order valence-electron chi connectivity index (χ2n) is 8.04. The number of hydrogen-bond donors (Lipinski definition) is 1. The van der Waals surface area contributed by atoms with Gasteiger partial charge in [0.25, 0.3) is 0 Å². The maximum atomic E-state index is 12.6. The lowest BCUT2D eigenvalue weighted by atomic mass is 9.93. The minimum absolute atomic E-state index is 0.00831. The number of piperidine rings is 1. The fourth-order valence-electron chi connectivity index (χ4n) is 3.99. The highest BCUT2D eigenvalue weighted by molar-refractivity contribution is 5.77. The minimum Gasteiger partial charge on any atom is -0.497 e. The quantitative estimate of drug-likeness (QED) is 0.611. The van der Waals surface area contributed by atoms with E-state index in [0.29, 0.717) is 43.2 Å². The lowest BCUT2D eigenvalue weighted by Crippen LogP contribution is -2.40. The number of aryl methyl sites for hydroxylation is 1. The molecule has 0 bridgehead atoms. The summed E-state index contributed by atoms with van der Waals surface area (Å²) in [4.78, 5) is 35.2. The molecule has 0 spiro atoms. The van der Waals surface area contributed by atoms with Gasteiger partial charge < -0.3 is 19.7 Å². The number of aromatic nitrogens is 2. The molecule has 1 aromatic heterocycles. The lowest BCUT2D eigenvalue weighted by Gasteiger charge is -2.33. The van der Waals surface area contributed by atoms with E-state index in [0.717, 1.165) is 43.6 Å². The molecule has 0 radical (unpaired) electrons. The average molecular weight is 441 g/mol. The van der Waals surface area contributed by atoms with Gasteiger partial charge in [-0.05, 0) is 43.7 Å². The molecule has 2 heterocycles. The Kier molecular flexibility index (Phi) is 8.83. The molecule has 1 N–H and O–H groups in total. The molecule has 3 rings (SSSR count). The smallest absolute Gasteiger partial charge is 0.222 e. The Morgan fingerprint density at radius 1 is 1.19 bits per heavy atom. The van der Waals surface area contributed by atoms with E-state index in [1.807, 2.05) is 17.0 Å². The van der Waals surface area contributed by atoms with E-state index in [4.69, 9.17) is 9.47 Å². The van der Waals surface area contributed by atoms with E-state index in [2.05, 4.69) is 15.3 Å². The maximum absolute atomic E-state index is 12.6. The van der Waals surface area contributed by atoms with Crippen molar-refractivity contribution in [3.05, 3.63) is 48.0 Å². The largest absolute Gasteiger partial charge is 0.497 e. The zero-order valence-corrected chi connectivity index (χ0v) is 18.9. The van der Waals surface area contributed by atoms with Gasteiger partial charge in [0, 0.05) is 62.7 Å². The van der Waals surface area contributed by atoms with Crippen LogP contribution in [0.2, 0.25) is 0 Å². The van der Waals surface area contributed by atoms with Gasteiger partial charge in [0.05, 0.1) is 19.9 Å². The SMILES string of the molecule is COc1ccc(CNC(=O)CC[C@@H]2CCCN(C(=O)CCc3cnccn3)C2)c(OC)c1. The number of methoxy groups -OCH3 is 2. The lowest BCUT2D eigenvalue weighted by molar-refractivity contribution is -0.133. The number of nitrogens with one attached hydrogen (secondary N) is 1. The highest BCUT2D eigenvalue weighted by atomic mass is 16.5. The van der Waals surface area contributed by atoms with Crippen LogP contribution in [0, 0.1) is 5.92 Å². The third-order valence-corrected chi connectivity index (χ3v) is 5.83. The number of likely N-dealkylation sites (tertiary alicyclic amines) is 1. The molecule has 172 valence electrons. The normalized spacial score (nSPS) is 15.8. The summed E-state index contributed by atoms with van der Waals surface area (Å²) in [5.41, 5.74) is 1.73. The number of nitrogens with zero attached hydrogens (tertiary/aromatic N) is 3. The molecule has 32 heavy (non-hydrogen) atoms. The summed E-state index contributed by atoms with van der Waals surface area (Å²) >= 11 is 0. The van der Waals surface area contributed by atoms with Crippen molar-refractivity contribution in [3.8, 4) is 11.5 Å². The van der Waals surface area contributed by atoms with Crippen molar-refractivity contribution in [2.24, 2.45) is 5.92 Å². The van der Waals surface area contributed by atoms with Crippen molar-refractivity contribution in [1.82, 2.24) is 20.2 Å². The molecule has 2 aromatic rings. The molecule has 1 saturated heterocycles. The second kappa shape index (κ2) is 12.0. The van der Waals surface area contributed by atoms with Gasteiger partial charge in [-0.3, -0.25) is 19.6 Å². The molecule has 1 atom stereocenters. The number of carbonyl (C=O) groups excluding carboxylic acids is 2. The van der Waals surface area contributed by atoms with Crippen LogP contribution in [0.4, 0.5) is 0 Å². The number of amides is 2. The number of carbonyl (C=O) groups is 2. The molecule has 1 aliphatic heterocycles. The van der Waals surface area contributed by atoms with Crippen molar-refractivity contribution in [1.29, 1.82) is 0 Å². The molecule has 1 fully saturated rings. The zero-order valence-electron chi connectivity index (χ0n) is 18.9. The molecular formula is C24H32N4O4. The molecule has 0 unspecified atom stereocenters. The van der Waals surface area contributed by atoms with Crippen molar-refractivity contribution in [2.75, 3.05) is 27.3 Å². The van der Waals surface area contributed by atoms with Gasteiger partial charge in [0.15, 0.2) is 0 Å². The van der Waals surface area contributed by atoms with Crippen LogP contribution in [0.5, 0.6) is 11.5 Å². The summed E-state index contributed by atoms with van der Waals surface area (Å²) in [7, 11) is 3.21. The Balaban J connectivity index is 1.40. The van der Waals surface area contributed by atoms with Crippen molar-refractivity contribution in [3.63, 3.8) is 0 Å². The predicted octanol–water partition coefficient (Wildman–Crippen LogP) is 2.76. The predicted molar refractivity (Wildman–Crippen MR) is 120 cm³/mol. The highest BCUT2D eigenvalue weighted by Gasteiger charge is 2.24. The van der Waals surface area contributed by atoms with E-state index in [1.165, 1.54) is 0 Å². The molecule has 2 amide bonds. The number of ether oxygens (including phenoxy) is 2. The number of hydrogen-bond acceptors (Lipinski definition) is 6. The number of benzene rings is 1. The Hall–Kier alpha value is -3.16. The van der Waals surface area contributed by atoms with E-state index < -0.39 is 0 Å². The fraction of sp³-hybridized carbons (Fsp3) is 0.500. The topological polar surface area (TPSA) is 93.7 Å². The first kappa shape index (κ1) is 23.5. The molecular weight excluding hydrogens is 408 g/mol. The summed E-state index contributed by atoms with van der Waals surface area (Å²) in [6.45, 7) is 1.92. The van der Waals surface area contributed by atoms with Crippen molar-refractivity contribution >= 4 is 11.8 Å². The molecule has 0 aliphatic carbocycles. The van der Waals surface area contributed by atoms with Crippen LogP contribution in [0.15, 0.2) is 36.8 Å². The second-order valence-corrected chi connectivity index (χ2v) is 8.04. The third-order valence-electron chi connectivity index (χ3n) is 5.83. The van der Waals surface area contributed by atoms with Crippen molar-refractivity contribution < 1.29 is 19.1 Å². The van der Waals surface area contributed by atoms with Crippen LogP contribution in [0.1, 0.15) is 43.4 Å². The summed E-state index contributed by atoms with van der Waals surface area (Å²) in [5.74, 6) is 1.91. The molecule has 8 nitrogen and oxygen atoms in total. The molecule has 1 aromatic carbocycles. The summed E-state index contributed by atoms with van der Waals surface area (Å²) in [5, 5.41) is 2.97. The maximum Gasteiger partial charge on any atom is 0.222 e. The van der Waals surface area contributed by atoms with Crippen LogP contribution in [-0.4, -0.2) is 54.0 Å². The molecule has 8 heteroatoms. The Bertz CT molecular complexity index is 891. The first-order valence-electron chi connectivity index (χ1n) is 11.1. The van der Waals surface area contributed by atoms with Gasteiger partial charge in [0.1, 0.15) is 11.5 Å². The molecule has 0 saturated carbocycles. The van der Waals surface area contributed by atoms with Gasteiger partial charge in [-0.15, -0.1) is 0 Å². The third kappa shape index (κ3) is 6.93. The first-order chi connectivity index (χ1) is 15.6. The highest BCUT2D eigenvalue weighted by Crippen LogP contribution is 2.25. The standard InChI is InChI=1S/C24H32N4O4/c1-31-21-8-6-19(22(14-21)32-2)15-27-23(29)9-5-18-4-3-13-28(17-18)24(30)10-7-20-16-25-11-12-26-20/h6,8,11-12,14,16,18H,3-5,7,9-10,13,15,17H2,1-2H3,(H,27,29)/t18-/m0/s1. The molecule has 1 aliphatic rings. The minimum atomic E-state index is 0.00831. The van der Waals surface area contributed by atoms with E-state index in [1.54, 1.807) is 38.9 Å². The van der Waals surface area contributed by atoms with E-state index in [-0.39, 0.29) is 11.8 Å². The van der Waals surface area contributed by atoms with Crippen molar-refractivity contribution in [2.45, 2.75) is 45.1 Å². The first-order valence-corrected chi connectivity index (χ1v) is 11.1. The van der Waals surface area contributed by atoms with Crippen LogP contribution in [-0.2, 0) is 22.6 Å². The summed E-state index contributed by atoms with van der Waals surface area (Å²) in [6, 6.07) is 5.55. The van der Waals surface area contributed by atoms with Gasteiger partial charge in [-0.25, -0.2) is 0 Å². The average Bonchev–Trinajstić information content (AvgIpc) is 2.85. The van der Waals surface area contributed by atoms with E-state index >= 15 is 0 Å². The van der Waals surface area contributed by atoms with Gasteiger partial charge in [0.2, 0.25) is 11.8 Å². The Morgan fingerprint density at radius 3 is 2.81 bits per heavy atom. The fourth-order valence-corrected chi connectivity index (χ4v) is 3.99. The Labute approximate surface area is 189 Å². The Morgan fingerprint density at radius 2 is 2.06 bits per heavy atom. The van der Waals surface area contributed by atoms with Crippen LogP contribution >= 0.6 is 0 Å². The van der Waals surface area contributed by atoms with Crippen LogP contribution in [0.3, 0.4) is 0 Å². The van der Waals surface area contributed by atoms with Gasteiger partial charge in [-0.1, -0.05) is 0 Å². The van der Waals surface area contributed by atoms with Gasteiger partial charge in [-0.2, -0.15) is 0 Å². The monoisotopic (exact) mass is 440 g/mol. The number of rotatable bonds is 10. The summed E-state index contributed by atoms with van der Waals surface area (Å²) < 4.78 is 10.6. The van der Waals surface area contributed by atoms with Gasteiger partial charge >= 0.3 is 0 Å².